The minimum absolute atomic E-state index is 0.565. The van der Waals surface area contributed by atoms with Crippen molar-refractivity contribution in [3.63, 3.8) is 0 Å². The Bertz CT molecular complexity index is 424. The van der Waals surface area contributed by atoms with Gasteiger partial charge in [-0.25, -0.2) is 4.39 Å². The van der Waals surface area contributed by atoms with Crippen molar-refractivity contribution in [1.29, 1.82) is 0 Å². The minimum Gasteiger partial charge on any atom is -0.378 e. The lowest BCUT2D eigenvalue weighted by Crippen LogP contribution is -2.31. The molecule has 28 heavy (non-hydrogen) atoms. The highest BCUT2D eigenvalue weighted by atomic mass is 19.1. The summed E-state index contributed by atoms with van der Waals surface area (Å²) in [6, 6.07) is 0. The van der Waals surface area contributed by atoms with Gasteiger partial charge in [-0.15, -0.1) is 0 Å². The second-order valence-corrected chi connectivity index (χ2v) is 10.2. The molecule has 0 bridgehead atoms. The summed E-state index contributed by atoms with van der Waals surface area (Å²) in [5, 5.41) is 0. The SMILES string of the molecule is CCCCOC1CCC(C2CCC(C3CCC(CC/C=C/F)CC3)CC2)CC1. The van der Waals surface area contributed by atoms with E-state index in [1.54, 1.807) is 6.08 Å². The van der Waals surface area contributed by atoms with Gasteiger partial charge in [0.1, 0.15) is 0 Å². The Morgan fingerprint density at radius 2 is 1.25 bits per heavy atom. The second kappa shape index (κ2) is 12.4. The Kier molecular flexibility index (Phi) is 9.85. The van der Waals surface area contributed by atoms with Gasteiger partial charge < -0.3 is 4.74 Å². The molecule has 0 aromatic heterocycles. The molecule has 0 atom stereocenters. The Balaban J connectivity index is 1.30. The first-order chi connectivity index (χ1) is 13.8. The lowest BCUT2D eigenvalue weighted by molar-refractivity contribution is 0.00426. The summed E-state index contributed by atoms with van der Waals surface area (Å²) in [6.45, 7) is 3.22. The van der Waals surface area contributed by atoms with Crippen LogP contribution in [-0.4, -0.2) is 12.7 Å². The number of allylic oxidation sites excluding steroid dienone is 1. The molecule has 0 aromatic carbocycles. The number of rotatable bonds is 9. The molecule has 0 saturated heterocycles. The third kappa shape index (κ3) is 6.85. The fourth-order valence-corrected chi connectivity index (χ4v) is 6.55. The van der Waals surface area contributed by atoms with E-state index in [2.05, 4.69) is 6.92 Å². The summed E-state index contributed by atoms with van der Waals surface area (Å²) in [5.41, 5.74) is 0. The summed E-state index contributed by atoms with van der Waals surface area (Å²) in [4.78, 5) is 0. The number of hydrogen-bond acceptors (Lipinski definition) is 1. The molecule has 162 valence electrons. The lowest BCUT2D eigenvalue weighted by Gasteiger charge is -2.41. The first kappa shape index (κ1) is 22.3. The third-order valence-electron chi connectivity index (χ3n) is 8.44. The van der Waals surface area contributed by atoms with E-state index in [0.29, 0.717) is 6.10 Å². The van der Waals surface area contributed by atoms with Gasteiger partial charge >= 0.3 is 0 Å². The van der Waals surface area contributed by atoms with Gasteiger partial charge in [-0.2, -0.15) is 0 Å². The molecule has 3 aliphatic rings. The number of hydrogen-bond donors (Lipinski definition) is 0. The van der Waals surface area contributed by atoms with E-state index in [1.807, 2.05) is 0 Å². The predicted molar refractivity (Wildman–Crippen MR) is 117 cm³/mol. The van der Waals surface area contributed by atoms with Gasteiger partial charge in [0, 0.05) is 6.61 Å². The summed E-state index contributed by atoms with van der Waals surface area (Å²) < 4.78 is 18.2. The van der Waals surface area contributed by atoms with Crippen LogP contribution in [-0.2, 0) is 4.74 Å². The molecule has 0 N–H and O–H groups in total. The summed E-state index contributed by atoms with van der Waals surface area (Å²) in [7, 11) is 0. The van der Waals surface area contributed by atoms with Gasteiger partial charge in [-0.1, -0.05) is 32.3 Å². The maximum atomic E-state index is 12.1. The van der Waals surface area contributed by atoms with Crippen LogP contribution in [0.4, 0.5) is 4.39 Å². The first-order valence-electron chi connectivity index (χ1n) is 12.7. The molecule has 0 radical (unpaired) electrons. The molecule has 3 rings (SSSR count). The van der Waals surface area contributed by atoms with Crippen LogP contribution in [0.1, 0.15) is 110 Å². The molecule has 0 spiro atoms. The fourth-order valence-electron chi connectivity index (χ4n) is 6.55. The van der Waals surface area contributed by atoms with Crippen molar-refractivity contribution in [3.05, 3.63) is 12.4 Å². The minimum atomic E-state index is 0.565. The normalized spacial score (nSPS) is 37.4. The van der Waals surface area contributed by atoms with Crippen LogP contribution in [0.2, 0.25) is 0 Å². The maximum Gasteiger partial charge on any atom is 0.0827 e. The van der Waals surface area contributed by atoms with E-state index in [0.717, 1.165) is 48.9 Å². The van der Waals surface area contributed by atoms with E-state index in [1.165, 1.54) is 96.3 Å². The molecule has 0 amide bonds. The Labute approximate surface area is 173 Å². The molecular weight excluding hydrogens is 347 g/mol. The van der Waals surface area contributed by atoms with E-state index in [4.69, 9.17) is 4.74 Å². The highest BCUT2D eigenvalue weighted by Gasteiger charge is 2.34. The zero-order valence-corrected chi connectivity index (χ0v) is 18.4. The predicted octanol–water partition coefficient (Wildman–Crippen LogP) is 8.24. The standard InChI is InChI=1S/C26H45FO/c1-2-3-20-28-26-17-15-25(16-18-26)24-13-11-23(12-14-24)22-9-7-21(8-10-22)6-4-5-19-27/h5,19,21-26H,2-4,6-18,20H2,1H3/b19-5+. The molecule has 3 fully saturated rings. The van der Waals surface area contributed by atoms with Crippen LogP contribution in [0.25, 0.3) is 0 Å². The largest absolute Gasteiger partial charge is 0.378 e. The van der Waals surface area contributed by atoms with Gasteiger partial charge in [0.15, 0.2) is 0 Å². The van der Waals surface area contributed by atoms with Gasteiger partial charge in [-0.05, 0) is 113 Å². The first-order valence-corrected chi connectivity index (χ1v) is 12.7. The van der Waals surface area contributed by atoms with Crippen LogP contribution in [0.3, 0.4) is 0 Å². The molecule has 0 heterocycles. The molecule has 2 heteroatoms. The van der Waals surface area contributed by atoms with Crippen LogP contribution in [0, 0.1) is 29.6 Å². The van der Waals surface area contributed by atoms with Crippen molar-refractivity contribution in [2.75, 3.05) is 6.61 Å². The van der Waals surface area contributed by atoms with Crippen LogP contribution in [0.15, 0.2) is 12.4 Å². The molecule has 0 aliphatic heterocycles. The summed E-state index contributed by atoms with van der Waals surface area (Å²) >= 11 is 0. The highest BCUT2D eigenvalue weighted by molar-refractivity contribution is 4.86. The average molecular weight is 393 g/mol. The zero-order chi connectivity index (χ0) is 19.6. The number of halogens is 1. The Hall–Kier alpha value is -0.370. The van der Waals surface area contributed by atoms with Crippen molar-refractivity contribution >= 4 is 0 Å². The van der Waals surface area contributed by atoms with Crippen molar-refractivity contribution in [1.82, 2.24) is 0 Å². The van der Waals surface area contributed by atoms with Crippen LogP contribution in [0.5, 0.6) is 0 Å². The van der Waals surface area contributed by atoms with E-state index >= 15 is 0 Å². The van der Waals surface area contributed by atoms with Gasteiger partial charge in [0.05, 0.1) is 12.4 Å². The average Bonchev–Trinajstić information content (AvgIpc) is 2.75. The summed E-state index contributed by atoms with van der Waals surface area (Å²) in [5.74, 6) is 4.87. The number of unbranched alkanes of at least 4 members (excludes halogenated alkanes) is 1. The fraction of sp³-hybridized carbons (Fsp3) is 0.923. The molecular formula is C26H45FO. The van der Waals surface area contributed by atoms with Gasteiger partial charge in [0.25, 0.3) is 0 Å². The van der Waals surface area contributed by atoms with Crippen LogP contribution < -0.4 is 0 Å². The van der Waals surface area contributed by atoms with Crippen molar-refractivity contribution in [2.24, 2.45) is 29.6 Å². The topological polar surface area (TPSA) is 9.23 Å². The summed E-state index contributed by atoms with van der Waals surface area (Å²) in [6.07, 6.45) is 24.7. The smallest absolute Gasteiger partial charge is 0.0827 e. The van der Waals surface area contributed by atoms with Crippen LogP contribution >= 0.6 is 0 Å². The Morgan fingerprint density at radius 1 is 0.750 bits per heavy atom. The molecule has 0 aromatic rings. The maximum absolute atomic E-state index is 12.1. The lowest BCUT2D eigenvalue weighted by atomic mass is 9.65. The van der Waals surface area contributed by atoms with E-state index < -0.39 is 0 Å². The van der Waals surface area contributed by atoms with Crippen molar-refractivity contribution in [2.45, 2.75) is 116 Å². The second-order valence-electron chi connectivity index (χ2n) is 10.2. The van der Waals surface area contributed by atoms with E-state index in [-0.39, 0.29) is 0 Å². The molecule has 3 saturated carbocycles. The number of ether oxygens (including phenoxy) is 1. The van der Waals surface area contributed by atoms with Crippen molar-refractivity contribution < 1.29 is 9.13 Å². The highest BCUT2D eigenvalue weighted by Crippen LogP contribution is 2.45. The van der Waals surface area contributed by atoms with E-state index in [9.17, 15) is 4.39 Å². The zero-order valence-electron chi connectivity index (χ0n) is 18.4. The molecule has 0 unspecified atom stereocenters. The monoisotopic (exact) mass is 392 g/mol. The van der Waals surface area contributed by atoms with Crippen molar-refractivity contribution in [3.8, 4) is 0 Å². The van der Waals surface area contributed by atoms with Gasteiger partial charge in [-0.3, -0.25) is 0 Å². The van der Waals surface area contributed by atoms with Gasteiger partial charge in [0.2, 0.25) is 0 Å². The third-order valence-corrected chi connectivity index (χ3v) is 8.44. The molecule has 1 nitrogen and oxygen atoms in total. The Morgan fingerprint density at radius 3 is 1.75 bits per heavy atom. The molecule has 3 aliphatic carbocycles. The quantitative estimate of drug-likeness (QED) is 0.359.